The van der Waals surface area contributed by atoms with E-state index in [9.17, 15) is 4.79 Å². The van der Waals surface area contributed by atoms with Gasteiger partial charge in [0.05, 0.1) is 0 Å². The Hall–Kier alpha value is -1.55. The third-order valence-corrected chi connectivity index (χ3v) is 2.47. The van der Waals surface area contributed by atoms with Crippen LogP contribution in [0.15, 0.2) is 45.3 Å². The van der Waals surface area contributed by atoms with Crippen LogP contribution < -0.4 is 0 Å². The van der Waals surface area contributed by atoms with Gasteiger partial charge in [0.2, 0.25) is 5.76 Å². The van der Waals surface area contributed by atoms with Crippen LogP contribution in [0.4, 0.5) is 0 Å². The largest absolute Gasteiger partial charge is 0.475 e. The smallest absolute Gasteiger partial charge is 0.371 e. The highest BCUT2D eigenvalue weighted by molar-refractivity contribution is 9.10. The molecule has 0 radical (unpaired) electrons. The first-order valence-electron chi connectivity index (χ1n) is 4.26. The predicted octanol–water partition coefficient (Wildman–Crippen LogP) is 3.41. The molecule has 1 heterocycles. The van der Waals surface area contributed by atoms with Gasteiger partial charge in [-0.3, -0.25) is 0 Å². The van der Waals surface area contributed by atoms with Gasteiger partial charge in [-0.25, -0.2) is 4.79 Å². The Morgan fingerprint density at radius 2 is 1.80 bits per heavy atom. The predicted molar refractivity (Wildman–Crippen MR) is 58.8 cm³/mol. The number of furan rings is 1. The molecule has 0 fully saturated rings. The maximum Gasteiger partial charge on any atom is 0.371 e. The molecule has 0 aliphatic heterocycles. The summed E-state index contributed by atoms with van der Waals surface area (Å²) < 4.78 is 6.12. The number of aromatic carboxylic acids is 1. The van der Waals surface area contributed by atoms with Gasteiger partial charge in [-0.1, -0.05) is 28.1 Å². The van der Waals surface area contributed by atoms with E-state index in [1.54, 1.807) is 6.07 Å². The number of rotatable bonds is 2. The summed E-state index contributed by atoms with van der Waals surface area (Å²) in [6.45, 7) is 0. The second kappa shape index (κ2) is 3.90. The van der Waals surface area contributed by atoms with Gasteiger partial charge in [-0.05, 0) is 24.3 Å². The highest BCUT2D eigenvalue weighted by atomic mass is 79.9. The lowest BCUT2D eigenvalue weighted by Crippen LogP contribution is -1.91. The molecule has 2 rings (SSSR count). The second-order valence-corrected chi connectivity index (χ2v) is 3.89. The molecule has 4 heteroatoms. The van der Waals surface area contributed by atoms with Crippen molar-refractivity contribution in [2.45, 2.75) is 0 Å². The number of benzene rings is 1. The van der Waals surface area contributed by atoms with E-state index in [0.29, 0.717) is 5.76 Å². The standard InChI is InChI=1S/C11H7BrO3/c12-8-3-1-7(2-4-8)9-5-6-10(15-9)11(13)14/h1-6H,(H,13,14). The average Bonchev–Trinajstić information content (AvgIpc) is 2.68. The zero-order chi connectivity index (χ0) is 10.8. The molecule has 1 N–H and O–H groups in total. The van der Waals surface area contributed by atoms with Crippen LogP contribution in [-0.2, 0) is 0 Å². The van der Waals surface area contributed by atoms with Crippen molar-refractivity contribution in [3.8, 4) is 11.3 Å². The lowest BCUT2D eigenvalue weighted by molar-refractivity contribution is 0.0663. The fraction of sp³-hybridized carbons (Fsp3) is 0. The van der Waals surface area contributed by atoms with Crippen molar-refractivity contribution >= 4 is 21.9 Å². The van der Waals surface area contributed by atoms with Crippen molar-refractivity contribution in [1.82, 2.24) is 0 Å². The van der Waals surface area contributed by atoms with Crippen LogP contribution in [0.1, 0.15) is 10.6 Å². The molecule has 0 saturated carbocycles. The number of hydrogen-bond acceptors (Lipinski definition) is 2. The number of carboxylic acids is 1. The molecule has 0 spiro atoms. The minimum absolute atomic E-state index is 0.0482. The average molecular weight is 267 g/mol. The van der Waals surface area contributed by atoms with Crippen molar-refractivity contribution in [3.63, 3.8) is 0 Å². The van der Waals surface area contributed by atoms with Crippen LogP contribution in [0.25, 0.3) is 11.3 Å². The third-order valence-electron chi connectivity index (χ3n) is 1.95. The summed E-state index contributed by atoms with van der Waals surface area (Å²) in [4.78, 5) is 10.6. The fourth-order valence-electron chi connectivity index (χ4n) is 1.22. The first-order valence-corrected chi connectivity index (χ1v) is 5.05. The van der Waals surface area contributed by atoms with Crippen LogP contribution in [0.2, 0.25) is 0 Å². The van der Waals surface area contributed by atoms with Crippen molar-refractivity contribution in [3.05, 3.63) is 46.6 Å². The third kappa shape index (κ3) is 2.10. The maximum absolute atomic E-state index is 10.6. The minimum atomic E-state index is -1.06. The fourth-order valence-corrected chi connectivity index (χ4v) is 1.49. The quantitative estimate of drug-likeness (QED) is 0.907. The Kier molecular flexibility index (Phi) is 2.60. The normalized spacial score (nSPS) is 10.2. The molecule has 1 aromatic carbocycles. The Morgan fingerprint density at radius 1 is 1.13 bits per heavy atom. The van der Waals surface area contributed by atoms with Crippen LogP contribution in [-0.4, -0.2) is 11.1 Å². The number of carboxylic acid groups (broad SMARTS) is 1. The number of hydrogen-bond donors (Lipinski definition) is 1. The molecule has 0 aliphatic rings. The van der Waals surface area contributed by atoms with Gasteiger partial charge in [-0.2, -0.15) is 0 Å². The van der Waals surface area contributed by atoms with E-state index < -0.39 is 5.97 Å². The topological polar surface area (TPSA) is 50.4 Å². The van der Waals surface area contributed by atoms with Crippen LogP contribution in [0, 0.1) is 0 Å². The highest BCUT2D eigenvalue weighted by Gasteiger charge is 2.09. The van der Waals surface area contributed by atoms with E-state index in [1.807, 2.05) is 24.3 Å². The molecule has 0 amide bonds. The Bertz CT molecular complexity index is 485. The Morgan fingerprint density at radius 3 is 2.33 bits per heavy atom. The van der Waals surface area contributed by atoms with Gasteiger partial charge in [0.1, 0.15) is 5.76 Å². The van der Waals surface area contributed by atoms with Gasteiger partial charge >= 0.3 is 5.97 Å². The van der Waals surface area contributed by atoms with Gasteiger partial charge in [0, 0.05) is 10.0 Å². The Labute approximate surface area is 94.5 Å². The van der Waals surface area contributed by atoms with Crippen LogP contribution in [0.3, 0.4) is 0 Å². The first kappa shape index (κ1) is 9.98. The lowest BCUT2D eigenvalue weighted by atomic mass is 10.2. The molecule has 1 aromatic heterocycles. The van der Waals surface area contributed by atoms with E-state index in [4.69, 9.17) is 9.52 Å². The first-order chi connectivity index (χ1) is 7.16. The number of carbonyl (C=O) groups is 1. The summed E-state index contributed by atoms with van der Waals surface area (Å²) in [6, 6.07) is 10.5. The molecule has 3 nitrogen and oxygen atoms in total. The zero-order valence-corrected chi connectivity index (χ0v) is 9.19. The summed E-state index contributed by atoms with van der Waals surface area (Å²) in [6.07, 6.45) is 0. The van der Waals surface area contributed by atoms with E-state index >= 15 is 0 Å². The van der Waals surface area contributed by atoms with E-state index in [1.165, 1.54) is 6.07 Å². The van der Waals surface area contributed by atoms with Crippen molar-refractivity contribution in [1.29, 1.82) is 0 Å². The van der Waals surface area contributed by atoms with E-state index in [-0.39, 0.29) is 5.76 Å². The van der Waals surface area contributed by atoms with Gasteiger partial charge in [-0.15, -0.1) is 0 Å². The van der Waals surface area contributed by atoms with Gasteiger partial charge < -0.3 is 9.52 Å². The van der Waals surface area contributed by atoms with Crippen molar-refractivity contribution in [2.75, 3.05) is 0 Å². The summed E-state index contributed by atoms with van der Waals surface area (Å²) in [5, 5.41) is 8.69. The van der Waals surface area contributed by atoms with E-state index in [0.717, 1.165) is 10.0 Å². The minimum Gasteiger partial charge on any atom is -0.475 e. The molecule has 0 atom stereocenters. The molecule has 2 aromatic rings. The van der Waals surface area contributed by atoms with Crippen molar-refractivity contribution < 1.29 is 14.3 Å². The van der Waals surface area contributed by atoms with E-state index in [2.05, 4.69) is 15.9 Å². The molecule has 0 saturated heterocycles. The summed E-state index contributed by atoms with van der Waals surface area (Å²) >= 11 is 3.32. The summed E-state index contributed by atoms with van der Waals surface area (Å²) in [5.74, 6) is -0.550. The molecule has 0 bridgehead atoms. The Balaban J connectivity index is 2.37. The zero-order valence-electron chi connectivity index (χ0n) is 7.61. The summed E-state index contributed by atoms with van der Waals surface area (Å²) in [7, 11) is 0. The summed E-state index contributed by atoms with van der Waals surface area (Å²) in [5.41, 5.74) is 0.853. The molecular formula is C11H7BrO3. The lowest BCUT2D eigenvalue weighted by Gasteiger charge is -1.96. The van der Waals surface area contributed by atoms with Crippen molar-refractivity contribution in [2.24, 2.45) is 0 Å². The molecular weight excluding hydrogens is 260 g/mol. The monoisotopic (exact) mass is 266 g/mol. The molecule has 15 heavy (non-hydrogen) atoms. The van der Waals surface area contributed by atoms with Crippen LogP contribution >= 0.6 is 15.9 Å². The number of halogens is 1. The van der Waals surface area contributed by atoms with Gasteiger partial charge in [0.25, 0.3) is 0 Å². The van der Waals surface area contributed by atoms with Crippen LogP contribution in [0.5, 0.6) is 0 Å². The molecule has 0 aliphatic carbocycles. The highest BCUT2D eigenvalue weighted by Crippen LogP contribution is 2.23. The second-order valence-electron chi connectivity index (χ2n) is 2.98. The SMILES string of the molecule is O=C(O)c1ccc(-c2ccc(Br)cc2)o1. The maximum atomic E-state index is 10.6. The molecule has 76 valence electrons. The molecule has 0 unspecified atom stereocenters. The van der Waals surface area contributed by atoms with Gasteiger partial charge in [0.15, 0.2) is 0 Å².